The second-order valence-corrected chi connectivity index (χ2v) is 3.48. The van der Waals surface area contributed by atoms with E-state index >= 15 is 0 Å². The van der Waals surface area contributed by atoms with Crippen molar-refractivity contribution in [3.8, 4) is 0 Å². The van der Waals surface area contributed by atoms with Crippen LogP contribution in [0.4, 0.5) is 0 Å². The van der Waals surface area contributed by atoms with E-state index in [0.29, 0.717) is 12.0 Å². The van der Waals surface area contributed by atoms with Gasteiger partial charge in [-0.15, -0.1) is 6.58 Å². The van der Waals surface area contributed by atoms with E-state index in [2.05, 4.69) is 6.58 Å². The summed E-state index contributed by atoms with van der Waals surface area (Å²) in [4.78, 5) is 11.9. The lowest BCUT2D eigenvalue weighted by Gasteiger charge is -2.11. The number of Topliss-reactive ketones (excluding diaryl/α,β-unsaturated/α-hetero) is 1. The van der Waals surface area contributed by atoms with Crippen molar-refractivity contribution in [2.24, 2.45) is 5.92 Å². The molecule has 0 bridgehead atoms. The van der Waals surface area contributed by atoms with Gasteiger partial charge in [0.25, 0.3) is 0 Å². The van der Waals surface area contributed by atoms with Gasteiger partial charge in [-0.1, -0.05) is 36.4 Å². The Bertz CT molecular complexity index is 317. The highest BCUT2D eigenvalue weighted by Gasteiger charge is 2.17. The molecule has 1 aromatic rings. The van der Waals surface area contributed by atoms with E-state index in [9.17, 15) is 4.79 Å². The summed E-state index contributed by atoms with van der Waals surface area (Å²) in [5, 5.41) is 9.13. The van der Waals surface area contributed by atoms with Gasteiger partial charge in [-0.25, -0.2) is 0 Å². The number of carbonyl (C=O) groups is 1. The Morgan fingerprint density at radius 3 is 2.60 bits per heavy atom. The predicted octanol–water partition coefficient (Wildman–Crippen LogP) is 2.44. The molecule has 0 aliphatic rings. The maximum atomic E-state index is 11.9. The van der Waals surface area contributed by atoms with E-state index in [1.165, 1.54) is 0 Å². The predicted molar refractivity (Wildman–Crippen MR) is 60.8 cm³/mol. The molecule has 0 fully saturated rings. The summed E-state index contributed by atoms with van der Waals surface area (Å²) in [6, 6.07) is 9.08. The van der Waals surface area contributed by atoms with Gasteiger partial charge in [0.1, 0.15) is 0 Å². The fourth-order valence-corrected chi connectivity index (χ4v) is 1.46. The molecule has 15 heavy (non-hydrogen) atoms. The first-order valence-corrected chi connectivity index (χ1v) is 5.10. The number of aliphatic hydroxyl groups excluding tert-OH is 1. The number of carbonyl (C=O) groups excluding carboxylic acids is 1. The Morgan fingerprint density at radius 1 is 1.40 bits per heavy atom. The molecule has 1 N–H and O–H groups in total. The number of hydrogen-bond acceptors (Lipinski definition) is 2. The quantitative estimate of drug-likeness (QED) is 0.571. The number of benzene rings is 1. The van der Waals surface area contributed by atoms with Crippen LogP contribution in [0, 0.1) is 5.92 Å². The van der Waals surface area contributed by atoms with Crippen LogP contribution >= 0.6 is 0 Å². The molecule has 80 valence electrons. The molecule has 0 amide bonds. The molecule has 1 aromatic carbocycles. The van der Waals surface area contributed by atoms with Crippen LogP contribution < -0.4 is 0 Å². The third-order valence-electron chi connectivity index (χ3n) is 2.37. The van der Waals surface area contributed by atoms with Crippen LogP contribution in [0.2, 0.25) is 0 Å². The molecule has 0 aromatic heterocycles. The second kappa shape index (κ2) is 6.14. The SMILES string of the molecule is C=CCC[C@H](CO)C(=O)c1ccccc1. The number of ketones is 1. The van der Waals surface area contributed by atoms with Gasteiger partial charge in [-0.05, 0) is 12.8 Å². The van der Waals surface area contributed by atoms with Gasteiger partial charge in [-0.2, -0.15) is 0 Å². The van der Waals surface area contributed by atoms with Gasteiger partial charge in [0.05, 0.1) is 6.61 Å². The van der Waals surface area contributed by atoms with Gasteiger partial charge in [0.2, 0.25) is 0 Å². The van der Waals surface area contributed by atoms with Crippen molar-refractivity contribution in [3.05, 3.63) is 48.6 Å². The molecule has 0 radical (unpaired) electrons. The lowest BCUT2D eigenvalue weighted by molar-refractivity contribution is 0.0852. The fraction of sp³-hybridized carbons (Fsp3) is 0.308. The third kappa shape index (κ3) is 3.33. The zero-order valence-electron chi connectivity index (χ0n) is 8.73. The molecule has 2 heteroatoms. The first-order chi connectivity index (χ1) is 7.29. The van der Waals surface area contributed by atoms with Crippen LogP contribution in [0.1, 0.15) is 23.2 Å². The fourth-order valence-electron chi connectivity index (χ4n) is 1.46. The van der Waals surface area contributed by atoms with E-state index < -0.39 is 0 Å². The molecule has 0 aliphatic heterocycles. The highest BCUT2D eigenvalue weighted by atomic mass is 16.3. The summed E-state index contributed by atoms with van der Waals surface area (Å²) >= 11 is 0. The van der Waals surface area contributed by atoms with Crippen molar-refractivity contribution in [3.63, 3.8) is 0 Å². The molecular formula is C13H16O2. The zero-order chi connectivity index (χ0) is 11.1. The molecule has 1 atom stereocenters. The Morgan fingerprint density at radius 2 is 2.07 bits per heavy atom. The molecule has 0 heterocycles. The number of rotatable bonds is 6. The minimum Gasteiger partial charge on any atom is -0.396 e. The molecule has 0 unspecified atom stereocenters. The maximum absolute atomic E-state index is 11.9. The van der Waals surface area contributed by atoms with E-state index in [-0.39, 0.29) is 18.3 Å². The Labute approximate surface area is 90.3 Å². The molecule has 0 aliphatic carbocycles. The average Bonchev–Trinajstić information content (AvgIpc) is 2.31. The van der Waals surface area contributed by atoms with Gasteiger partial charge < -0.3 is 5.11 Å². The van der Waals surface area contributed by atoms with Gasteiger partial charge in [0.15, 0.2) is 5.78 Å². The van der Waals surface area contributed by atoms with Crippen molar-refractivity contribution in [2.45, 2.75) is 12.8 Å². The van der Waals surface area contributed by atoms with Gasteiger partial charge in [0, 0.05) is 11.5 Å². The molecule has 0 spiro atoms. The summed E-state index contributed by atoms with van der Waals surface area (Å²) in [5.74, 6) is -0.287. The number of allylic oxidation sites excluding steroid dienone is 1. The van der Waals surface area contributed by atoms with Crippen LogP contribution in [0.5, 0.6) is 0 Å². The molecular weight excluding hydrogens is 188 g/mol. The van der Waals surface area contributed by atoms with Crippen LogP contribution in [0.25, 0.3) is 0 Å². The maximum Gasteiger partial charge on any atom is 0.168 e. The Hall–Kier alpha value is -1.41. The summed E-state index contributed by atoms with van der Waals surface area (Å²) in [6.45, 7) is 3.51. The molecule has 2 nitrogen and oxygen atoms in total. The van der Waals surface area contributed by atoms with Crippen LogP contribution in [-0.4, -0.2) is 17.5 Å². The van der Waals surface area contributed by atoms with Gasteiger partial charge >= 0.3 is 0 Å². The summed E-state index contributed by atoms with van der Waals surface area (Å²) in [6.07, 6.45) is 3.18. The van der Waals surface area contributed by atoms with Crippen molar-refractivity contribution in [1.29, 1.82) is 0 Å². The lowest BCUT2D eigenvalue weighted by Crippen LogP contribution is -2.18. The zero-order valence-corrected chi connectivity index (χ0v) is 8.73. The number of hydrogen-bond donors (Lipinski definition) is 1. The van der Waals surface area contributed by atoms with Crippen molar-refractivity contribution in [1.82, 2.24) is 0 Å². The average molecular weight is 204 g/mol. The molecule has 0 saturated heterocycles. The second-order valence-electron chi connectivity index (χ2n) is 3.48. The first kappa shape index (κ1) is 11.7. The summed E-state index contributed by atoms with van der Waals surface area (Å²) in [5.41, 5.74) is 0.667. The smallest absolute Gasteiger partial charge is 0.168 e. The van der Waals surface area contributed by atoms with Crippen LogP contribution in [-0.2, 0) is 0 Å². The molecule has 0 saturated carbocycles. The van der Waals surface area contributed by atoms with Crippen molar-refractivity contribution in [2.75, 3.05) is 6.61 Å². The largest absolute Gasteiger partial charge is 0.396 e. The lowest BCUT2D eigenvalue weighted by atomic mass is 9.94. The Kier molecular flexibility index (Phi) is 4.78. The summed E-state index contributed by atoms with van der Waals surface area (Å²) in [7, 11) is 0. The summed E-state index contributed by atoms with van der Waals surface area (Å²) < 4.78 is 0. The highest BCUT2D eigenvalue weighted by molar-refractivity contribution is 5.97. The van der Waals surface area contributed by atoms with Gasteiger partial charge in [-0.3, -0.25) is 4.79 Å². The van der Waals surface area contributed by atoms with Crippen LogP contribution in [0.15, 0.2) is 43.0 Å². The minimum absolute atomic E-state index is 0.0138. The number of aliphatic hydroxyl groups is 1. The third-order valence-corrected chi connectivity index (χ3v) is 2.37. The minimum atomic E-state index is -0.301. The first-order valence-electron chi connectivity index (χ1n) is 5.10. The highest BCUT2D eigenvalue weighted by Crippen LogP contribution is 2.14. The van der Waals surface area contributed by atoms with E-state index in [0.717, 1.165) is 6.42 Å². The van der Waals surface area contributed by atoms with E-state index in [1.54, 1.807) is 18.2 Å². The Balaban J connectivity index is 2.69. The van der Waals surface area contributed by atoms with Crippen molar-refractivity contribution >= 4 is 5.78 Å². The van der Waals surface area contributed by atoms with E-state index in [1.807, 2.05) is 18.2 Å². The topological polar surface area (TPSA) is 37.3 Å². The van der Waals surface area contributed by atoms with Crippen LogP contribution in [0.3, 0.4) is 0 Å². The van der Waals surface area contributed by atoms with Crippen molar-refractivity contribution < 1.29 is 9.90 Å². The normalized spacial score (nSPS) is 12.1. The standard InChI is InChI=1S/C13H16O2/c1-2-3-7-12(10-14)13(15)11-8-5-4-6-9-11/h2,4-6,8-9,12,14H,1,3,7,10H2/t12-/m1/s1. The monoisotopic (exact) mass is 204 g/mol. The molecule has 1 rings (SSSR count). The van der Waals surface area contributed by atoms with E-state index in [4.69, 9.17) is 5.11 Å².